The predicted molar refractivity (Wildman–Crippen MR) is 232 cm³/mol. The molecule has 3 aromatic carbocycles. The predicted octanol–water partition coefficient (Wildman–Crippen LogP) is 7.19. The number of anilines is 1. The Morgan fingerprint density at radius 3 is 2.38 bits per heavy atom. The Balaban J connectivity index is 0.894. The van der Waals surface area contributed by atoms with Crippen LogP contribution in [0.4, 0.5) is 10.6 Å². The number of carbonyl (C=O) groups excluding carboxylic acids is 2. The minimum atomic E-state index is -0.309. The summed E-state index contributed by atoms with van der Waals surface area (Å²) in [6, 6.07) is 21.8. The Morgan fingerprint density at radius 1 is 0.900 bits per heavy atom. The first-order valence-electron chi connectivity index (χ1n) is 21.1. The maximum absolute atomic E-state index is 14.2. The Kier molecular flexibility index (Phi) is 12.7. The summed E-state index contributed by atoms with van der Waals surface area (Å²) in [5.41, 5.74) is 5.08. The molecule has 2 aromatic heterocycles. The molecule has 8 rings (SSSR count). The number of unbranched alkanes of at least 4 members (excludes halogenated alkanes) is 1. The van der Waals surface area contributed by atoms with E-state index in [1.165, 1.54) is 11.1 Å². The molecule has 13 nitrogen and oxygen atoms in total. The third-order valence-electron chi connectivity index (χ3n) is 12.8. The van der Waals surface area contributed by atoms with Crippen molar-refractivity contribution in [2.75, 3.05) is 72.0 Å². The lowest BCUT2D eigenvalue weighted by molar-refractivity contribution is -0.138. The van der Waals surface area contributed by atoms with Crippen LogP contribution in [-0.4, -0.2) is 114 Å². The molecule has 0 unspecified atom stereocenters. The number of fused-ring (bicyclic) bond motifs is 3. The summed E-state index contributed by atoms with van der Waals surface area (Å²) >= 11 is 6.45. The molecular formula is C46H55ClN8O5. The summed E-state index contributed by atoms with van der Waals surface area (Å²) in [6.45, 7) is 5.87. The number of halogens is 1. The van der Waals surface area contributed by atoms with Crippen LogP contribution in [0.1, 0.15) is 60.8 Å². The number of carbonyl (C=O) groups is 2. The second-order valence-corrected chi connectivity index (χ2v) is 16.6. The molecular weight excluding hydrogens is 780 g/mol. The number of amides is 2. The van der Waals surface area contributed by atoms with Gasteiger partial charge >= 0.3 is 6.09 Å². The van der Waals surface area contributed by atoms with Crippen molar-refractivity contribution in [2.45, 2.75) is 63.6 Å². The highest BCUT2D eigenvalue weighted by atomic mass is 35.5. The van der Waals surface area contributed by atoms with Crippen molar-refractivity contribution in [2.24, 2.45) is 5.92 Å². The van der Waals surface area contributed by atoms with Crippen molar-refractivity contribution in [3.63, 3.8) is 0 Å². The van der Waals surface area contributed by atoms with E-state index < -0.39 is 0 Å². The van der Waals surface area contributed by atoms with Gasteiger partial charge in [0.2, 0.25) is 5.91 Å². The van der Waals surface area contributed by atoms with E-state index in [1.807, 2.05) is 65.5 Å². The highest BCUT2D eigenvalue weighted by molar-refractivity contribution is 6.31. The zero-order valence-electron chi connectivity index (χ0n) is 34.9. The zero-order chi connectivity index (χ0) is 41.6. The van der Waals surface area contributed by atoms with Gasteiger partial charge in [-0.25, -0.2) is 19.4 Å². The Bertz CT molecular complexity index is 2270. The number of aromatic nitrogens is 4. The zero-order valence-corrected chi connectivity index (χ0v) is 35.6. The molecule has 5 aromatic rings. The first-order valence-corrected chi connectivity index (χ1v) is 21.5. The molecule has 1 spiro atoms. The highest BCUT2D eigenvalue weighted by Gasteiger charge is 2.47. The summed E-state index contributed by atoms with van der Waals surface area (Å²) in [4.78, 5) is 44.8. The molecule has 1 saturated heterocycles. The summed E-state index contributed by atoms with van der Waals surface area (Å²) in [5.74, 6) is 2.55. The first kappa shape index (κ1) is 41.3. The van der Waals surface area contributed by atoms with Crippen molar-refractivity contribution >= 4 is 40.5 Å². The smallest absolute Gasteiger partial charge is 0.409 e. The van der Waals surface area contributed by atoms with Crippen LogP contribution in [0.15, 0.2) is 79.3 Å². The molecule has 3 aliphatic rings. The van der Waals surface area contributed by atoms with Crippen LogP contribution >= 0.6 is 11.6 Å². The number of benzene rings is 3. The molecule has 60 heavy (non-hydrogen) atoms. The first-order chi connectivity index (χ1) is 29.3. The number of methoxy groups -OCH3 is 2. The van der Waals surface area contributed by atoms with E-state index in [0.717, 1.165) is 97.5 Å². The maximum atomic E-state index is 14.2. The van der Waals surface area contributed by atoms with E-state index in [2.05, 4.69) is 41.9 Å². The topological polar surface area (TPSA) is 118 Å². The van der Waals surface area contributed by atoms with Gasteiger partial charge in [-0.2, -0.15) is 5.10 Å². The number of hydrogen-bond donors (Lipinski definition) is 0. The van der Waals surface area contributed by atoms with Gasteiger partial charge in [-0.15, -0.1) is 0 Å². The average molecular weight is 835 g/mol. The van der Waals surface area contributed by atoms with E-state index in [4.69, 9.17) is 25.8 Å². The Morgan fingerprint density at radius 2 is 1.63 bits per heavy atom. The van der Waals surface area contributed by atoms with Gasteiger partial charge < -0.3 is 28.9 Å². The molecule has 316 valence electrons. The fraction of sp³-hybridized carbons (Fsp3) is 0.457. The molecule has 1 aliphatic carbocycles. The number of hydrogen-bond acceptors (Lipinski definition) is 10. The van der Waals surface area contributed by atoms with E-state index in [9.17, 15) is 9.59 Å². The third kappa shape index (κ3) is 8.60. The highest BCUT2D eigenvalue weighted by Crippen LogP contribution is 2.50. The van der Waals surface area contributed by atoms with Gasteiger partial charge in [-0.1, -0.05) is 60.1 Å². The van der Waals surface area contributed by atoms with Crippen LogP contribution in [0.2, 0.25) is 5.02 Å². The fourth-order valence-electron chi connectivity index (χ4n) is 9.46. The average Bonchev–Trinajstić information content (AvgIpc) is 3.71. The van der Waals surface area contributed by atoms with Gasteiger partial charge in [-0.05, 0) is 91.9 Å². The lowest BCUT2D eigenvalue weighted by atomic mass is 9.68. The van der Waals surface area contributed by atoms with Gasteiger partial charge in [0.1, 0.15) is 18.8 Å². The van der Waals surface area contributed by atoms with E-state index >= 15 is 0 Å². The molecule has 2 amide bonds. The van der Waals surface area contributed by atoms with E-state index in [0.29, 0.717) is 44.3 Å². The number of ether oxygens (including phenoxy) is 3. The summed E-state index contributed by atoms with van der Waals surface area (Å²) in [6.07, 6.45) is 9.23. The van der Waals surface area contributed by atoms with Crippen LogP contribution in [0.25, 0.3) is 11.0 Å². The lowest BCUT2D eigenvalue weighted by Crippen LogP contribution is -2.55. The van der Waals surface area contributed by atoms with Crippen LogP contribution in [0.5, 0.6) is 11.5 Å². The van der Waals surface area contributed by atoms with Crippen LogP contribution in [-0.2, 0) is 34.6 Å². The minimum absolute atomic E-state index is 0.0288. The van der Waals surface area contributed by atoms with Crippen LogP contribution in [0.3, 0.4) is 0 Å². The van der Waals surface area contributed by atoms with Crippen LogP contribution in [0, 0.1) is 5.92 Å². The monoisotopic (exact) mass is 834 g/mol. The lowest BCUT2D eigenvalue weighted by Gasteiger charge is -2.52. The van der Waals surface area contributed by atoms with Gasteiger partial charge in [0.25, 0.3) is 0 Å². The normalized spacial score (nSPS) is 19.3. The Labute approximate surface area is 357 Å². The fourth-order valence-corrected chi connectivity index (χ4v) is 9.66. The quantitative estimate of drug-likeness (QED) is 0.113. The molecule has 0 N–H and O–H groups in total. The van der Waals surface area contributed by atoms with Gasteiger partial charge in [0.15, 0.2) is 17.1 Å². The summed E-state index contributed by atoms with van der Waals surface area (Å²) in [7, 11) is 5.18. The van der Waals surface area contributed by atoms with Gasteiger partial charge in [-0.3, -0.25) is 9.69 Å². The van der Waals surface area contributed by atoms with Crippen molar-refractivity contribution in [1.82, 2.24) is 34.4 Å². The van der Waals surface area contributed by atoms with E-state index in [1.54, 1.807) is 32.5 Å². The van der Waals surface area contributed by atoms with Gasteiger partial charge in [0.05, 0.1) is 32.3 Å². The molecule has 0 atom stereocenters. The van der Waals surface area contributed by atoms with Gasteiger partial charge in [0, 0.05) is 62.8 Å². The number of piperazine rings is 1. The summed E-state index contributed by atoms with van der Waals surface area (Å²) < 4.78 is 19.0. The number of rotatable bonds is 13. The molecule has 2 aliphatic heterocycles. The molecule has 14 heteroatoms. The van der Waals surface area contributed by atoms with Crippen molar-refractivity contribution < 1.29 is 23.8 Å². The number of nitrogens with zero attached hydrogens (tertiary/aromatic N) is 8. The summed E-state index contributed by atoms with van der Waals surface area (Å²) in [5, 5.41) is 6.23. The molecule has 0 radical (unpaired) electrons. The minimum Gasteiger partial charge on any atom is -0.493 e. The second kappa shape index (κ2) is 18.5. The largest absolute Gasteiger partial charge is 0.493 e. The molecule has 2 fully saturated rings. The molecule has 1 saturated carbocycles. The van der Waals surface area contributed by atoms with E-state index in [-0.39, 0.29) is 30.1 Å². The van der Waals surface area contributed by atoms with Crippen molar-refractivity contribution in [3.05, 3.63) is 107 Å². The molecule has 4 heterocycles. The van der Waals surface area contributed by atoms with Crippen molar-refractivity contribution in [3.8, 4) is 11.5 Å². The maximum Gasteiger partial charge on any atom is 0.409 e. The van der Waals surface area contributed by atoms with Crippen LogP contribution < -0.4 is 14.4 Å². The molecule has 0 bridgehead atoms. The van der Waals surface area contributed by atoms with Crippen molar-refractivity contribution in [1.29, 1.82) is 0 Å². The standard InChI is InChI=1S/C46H55ClN8O5/c1-51(45(57)60-31-33-11-5-4-6-12-33)20-9-10-21-54-22-17-35-27-40(58-2)41(59-3)28-38(35)46(54)18-15-34(16-19-46)44(56)53-25-23-52(24-26-53)42-37-29-50-55(43(37)49-32-48-42)30-36-13-7-8-14-39(36)47/h4-8,11-14,27-29,32,34H,9-10,15-26,30-31H2,1-3H3/t34-,46+. The Hall–Kier alpha value is -5.40. The SMILES string of the molecule is COc1cc2c(cc1OC)[C@]1(CC[C@H](C(=O)N3CCN(c4ncnc5c4cnn5Cc4ccccc4Cl)CC3)CC1)N(CCCCN(C)C(=O)OCc1ccccc1)CC2. The third-order valence-corrected chi connectivity index (χ3v) is 13.2. The second-order valence-electron chi connectivity index (χ2n) is 16.2.